The standard InChI is InChI=1S/C34H33F2N3O4/c1-18-31-29(42-2)12-22(34(41)38-16-23(35)14-24(37)17-38)13-30(31)43-33(18)27-11-21-9-8-20(25-4-3-5-28(40)32(25)36)10-26(21)39(27)15-19-6-7-19/h3-5,8-13,19,23-24,40H,6-7,14-17,37H2,1-2H3/t23-,24-/m1/s1. The molecule has 222 valence electrons. The minimum atomic E-state index is -1.16. The lowest BCUT2D eigenvalue weighted by atomic mass is 10.0. The fourth-order valence-corrected chi connectivity index (χ4v) is 6.40. The lowest BCUT2D eigenvalue weighted by molar-refractivity contribution is 0.0606. The Bertz CT molecular complexity index is 1880. The number of nitrogens with zero attached hydrogens (tertiary/aromatic N) is 2. The Balaban J connectivity index is 1.35. The van der Waals surface area contributed by atoms with Gasteiger partial charge in [-0.1, -0.05) is 24.3 Å². The number of hydrogen-bond acceptors (Lipinski definition) is 5. The van der Waals surface area contributed by atoms with Crippen molar-refractivity contribution in [1.29, 1.82) is 0 Å². The molecule has 0 bridgehead atoms. The van der Waals surface area contributed by atoms with E-state index in [1.807, 2.05) is 25.1 Å². The number of halogens is 2. The van der Waals surface area contributed by atoms with Crippen molar-refractivity contribution in [2.75, 3.05) is 20.2 Å². The first-order valence-corrected chi connectivity index (χ1v) is 14.6. The molecule has 5 aromatic rings. The minimum Gasteiger partial charge on any atom is -0.505 e. The minimum absolute atomic E-state index is 0.00504. The van der Waals surface area contributed by atoms with Crippen molar-refractivity contribution in [2.45, 2.75) is 44.9 Å². The van der Waals surface area contributed by atoms with Crippen LogP contribution in [0, 0.1) is 18.7 Å². The molecule has 1 amide bonds. The number of benzene rings is 3. The molecule has 0 unspecified atom stereocenters. The summed E-state index contributed by atoms with van der Waals surface area (Å²) in [5.74, 6) is 0.337. The van der Waals surface area contributed by atoms with Crippen LogP contribution in [0.25, 0.3) is 44.5 Å². The predicted octanol–water partition coefficient (Wildman–Crippen LogP) is 6.80. The summed E-state index contributed by atoms with van der Waals surface area (Å²) in [5, 5.41) is 11.7. The number of likely N-dealkylation sites (tertiary alicyclic amines) is 1. The van der Waals surface area contributed by atoms with Crippen LogP contribution in [0.3, 0.4) is 0 Å². The zero-order chi connectivity index (χ0) is 30.0. The van der Waals surface area contributed by atoms with Gasteiger partial charge in [0.05, 0.1) is 24.7 Å². The van der Waals surface area contributed by atoms with Gasteiger partial charge in [0.25, 0.3) is 5.91 Å². The first kappa shape index (κ1) is 27.5. The maximum Gasteiger partial charge on any atom is 0.254 e. The van der Waals surface area contributed by atoms with E-state index in [9.17, 15) is 18.7 Å². The highest BCUT2D eigenvalue weighted by molar-refractivity contribution is 6.02. The highest BCUT2D eigenvalue weighted by Gasteiger charge is 2.31. The van der Waals surface area contributed by atoms with Crippen molar-refractivity contribution in [3.05, 3.63) is 71.5 Å². The van der Waals surface area contributed by atoms with Crippen LogP contribution in [-0.4, -0.2) is 52.9 Å². The summed E-state index contributed by atoms with van der Waals surface area (Å²) < 4.78 is 43.5. The Morgan fingerprint density at radius 3 is 2.70 bits per heavy atom. The third-order valence-electron chi connectivity index (χ3n) is 8.74. The average Bonchev–Trinajstić information content (AvgIpc) is 3.66. The molecule has 3 N–H and O–H groups in total. The van der Waals surface area contributed by atoms with Crippen LogP contribution in [0.1, 0.15) is 35.2 Å². The van der Waals surface area contributed by atoms with Crippen LogP contribution in [0.15, 0.2) is 59.0 Å². The average molecular weight is 586 g/mol. The molecule has 0 spiro atoms. The Labute approximate surface area is 247 Å². The number of aromatic nitrogens is 1. The molecule has 2 aromatic heterocycles. The van der Waals surface area contributed by atoms with Gasteiger partial charge >= 0.3 is 0 Å². The number of methoxy groups -OCH3 is 1. The number of alkyl halides is 1. The third-order valence-corrected chi connectivity index (χ3v) is 8.74. The molecular formula is C34H33F2N3O4. The summed E-state index contributed by atoms with van der Waals surface area (Å²) in [6.07, 6.45) is 1.36. The first-order chi connectivity index (χ1) is 20.7. The quantitative estimate of drug-likeness (QED) is 0.229. The summed E-state index contributed by atoms with van der Waals surface area (Å²) in [6.45, 7) is 3.04. The number of piperidine rings is 1. The molecule has 1 aliphatic carbocycles. The number of aryl methyl sites for hydroxylation is 1. The van der Waals surface area contributed by atoms with Crippen molar-refractivity contribution in [2.24, 2.45) is 11.7 Å². The summed E-state index contributed by atoms with van der Waals surface area (Å²) >= 11 is 0. The van der Waals surface area contributed by atoms with E-state index in [1.165, 1.54) is 11.0 Å². The number of furan rings is 1. The number of ether oxygens (including phenoxy) is 1. The molecule has 2 aliphatic rings. The van der Waals surface area contributed by atoms with E-state index in [2.05, 4.69) is 10.6 Å². The lowest BCUT2D eigenvalue weighted by Crippen LogP contribution is -2.50. The van der Waals surface area contributed by atoms with Crippen LogP contribution in [0.2, 0.25) is 0 Å². The lowest BCUT2D eigenvalue weighted by Gasteiger charge is -2.33. The van der Waals surface area contributed by atoms with Crippen molar-refractivity contribution < 1.29 is 27.8 Å². The second kappa shape index (κ2) is 10.4. The molecule has 7 rings (SSSR count). The zero-order valence-electron chi connectivity index (χ0n) is 24.1. The monoisotopic (exact) mass is 585 g/mol. The maximum atomic E-state index is 14.8. The van der Waals surface area contributed by atoms with Gasteiger partial charge in [-0.2, -0.15) is 0 Å². The van der Waals surface area contributed by atoms with Crippen molar-refractivity contribution in [3.63, 3.8) is 0 Å². The molecule has 1 aliphatic heterocycles. The van der Waals surface area contributed by atoms with E-state index in [0.717, 1.165) is 46.9 Å². The number of hydrogen-bond donors (Lipinski definition) is 2. The van der Waals surface area contributed by atoms with Crippen LogP contribution in [0.4, 0.5) is 8.78 Å². The topological polar surface area (TPSA) is 93.9 Å². The van der Waals surface area contributed by atoms with Gasteiger partial charge in [0.1, 0.15) is 17.5 Å². The van der Waals surface area contributed by atoms with Gasteiger partial charge in [0, 0.05) is 46.7 Å². The fraction of sp³-hybridized carbons (Fsp3) is 0.324. The number of aromatic hydroxyl groups is 1. The molecule has 3 heterocycles. The van der Waals surface area contributed by atoms with Crippen LogP contribution in [0.5, 0.6) is 11.5 Å². The van der Waals surface area contributed by atoms with Crippen molar-refractivity contribution in [1.82, 2.24) is 9.47 Å². The highest BCUT2D eigenvalue weighted by Crippen LogP contribution is 2.43. The summed E-state index contributed by atoms with van der Waals surface area (Å²) in [4.78, 5) is 14.9. The van der Waals surface area contributed by atoms with Crippen LogP contribution >= 0.6 is 0 Å². The normalized spacial score (nSPS) is 19.0. The summed E-state index contributed by atoms with van der Waals surface area (Å²) in [7, 11) is 1.55. The molecule has 2 fully saturated rings. The Morgan fingerprint density at radius 2 is 1.95 bits per heavy atom. The summed E-state index contributed by atoms with van der Waals surface area (Å²) in [5.41, 5.74) is 10.5. The molecule has 3 aromatic carbocycles. The maximum absolute atomic E-state index is 14.8. The molecular weight excluding hydrogens is 552 g/mol. The van der Waals surface area contributed by atoms with Gasteiger partial charge in [-0.3, -0.25) is 4.79 Å². The largest absolute Gasteiger partial charge is 0.505 e. The molecule has 1 saturated carbocycles. The summed E-state index contributed by atoms with van der Waals surface area (Å²) in [6, 6.07) is 15.4. The fourth-order valence-electron chi connectivity index (χ4n) is 6.40. The number of carbonyl (C=O) groups excluding carboxylic acids is 1. The number of carbonyl (C=O) groups is 1. The molecule has 0 radical (unpaired) electrons. The second-order valence-corrected chi connectivity index (χ2v) is 11.9. The highest BCUT2D eigenvalue weighted by atomic mass is 19.1. The smallest absolute Gasteiger partial charge is 0.254 e. The Morgan fingerprint density at radius 1 is 1.14 bits per heavy atom. The number of phenolic OH excluding ortho intramolecular Hbond substituents is 1. The number of rotatable bonds is 6. The van der Waals surface area contributed by atoms with E-state index >= 15 is 0 Å². The molecule has 9 heteroatoms. The number of nitrogens with two attached hydrogens (primary N) is 1. The number of amides is 1. The predicted molar refractivity (Wildman–Crippen MR) is 162 cm³/mol. The van der Waals surface area contributed by atoms with Crippen molar-refractivity contribution >= 4 is 27.8 Å². The van der Waals surface area contributed by atoms with Crippen LogP contribution < -0.4 is 10.5 Å². The van der Waals surface area contributed by atoms with E-state index < -0.39 is 18.0 Å². The van der Waals surface area contributed by atoms with E-state index in [1.54, 1.807) is 31.4 Å². The Kier molecular flexibility index (Phi) is 6.65. The van der Waals surface area contributed by atoms with E-state index in [4.69, 9.17) is 14.9 Å². The van der Waals surface area contributed by atoms with Gasteiger partial charge in [-0.05, 0) is 68.0 Å². The van der Waals surface area contributed by atoms with Gasteiger partial charge in [0.2, 0.25) is 0 Å². The number of fused-ring (bicyclic) bond motifs is 2. The van der Waals surface area contributed by atoms with E-state index in [0.29, 0.717) is 39.7 Å². The molecule has 7 nitrogen and oxygen atoms in total. The molecule has 2 atom stereocenters. The molecule has 1 saturated heterocycles. The molecule has 43 heavy (non-hydrogen) atoms. The first-order valence-electron chi connectivity index (χ1n) is 14.6. The third kappa shape index (κ3) is 4.81. The van der Waals surface area contributed by atoms with Crippen LogP contribution in [-0.2, 0) is 6.54 Å². The number of phenols is 1. The SMILES string of the molecule is COc1cc(C(=O)N2C[C@H](N)C[C@@H](F)C2)cc2oc(-c3cc4ccc(-c5cccc(O)c5F)cc4n3CC3CC3)c(C)c12. The van der Waals surface area contributed by atoms with E-state index in [-0.39, 0.29) is 31.2 Å². The van der Waals surface area contributed by atoms with Gasteiger partial charge in [-0.15, -0.1) is 0 Å². The van der Waals surface area contributed by atoms with Crippen molar-refractivity contribution in [3.8, 4) is 34.1 Å². The zero-order valence-corrected chi connectivity index (χ0v) is 24.1. The Hall–Kier alpha value is -4.37. The second-order valence-electron chi connectivity index (χ2n) is 11.9. The van der Waals surface area contributed by atoms with Gasteiger partial charge < -0.3 is 29.5 Å². The van der Waals surface area contributed by atoms with Gasteiger partial charge in [-0.25, -0.2) is 8.78 Å². The van der Waals surface area contributed by atoms with Gasteiger partial charge in [0.15, 0.2) is 17.3 Å².